The molecule has 1 aromatic rings. The van der Waals surface area contributed by atoms with Crippen molar-refractivity contribution in [2.45, 2.75) is 44.4 Å². The molecular weight excluding hydrogens is 396 g/mol. The first-order valence-corrected chi connectivity index (χ1v) is 9.44. The molecule has 1 aromatic carbocycles. The van der Waals surface area contributed by atoms with Gasteiger partial charge in [0.2, 0.25) is 0 Å². The highest BCUT2D eigenvalue weighted by atomic mass is 16.6. The molecule has 0 saturated heterocycles. The third-order valence-electron chi connectivity index (χ3n) is 5.27. The summed E-state index contributed by atoms with van der Waals surface area (Å²) >= 11 is 0. The molecular formula is C20H24N2O8. The molecule has 4 N–H and O–H groups in total. The monoisotopic (exact) mass is 420 g/mol. The largest absolute Gasteiger partial charge is 0.481 e. The van der Waals surface area contributed by atoms with Crippen molar-refractivity contribution < 1.29 is 38.9 Å². The van der Waals surface area contributed by atoms with E-state index in [1.807, 2.05) is 0 Å². The number of para-hydroxylation sites is 1. The molecule has 0 aromatic heterocycles. The molecule has 162 valence electrons. The minimum atomic E-state index is -1.91. The van der Waals surface area contributed by atoms with Crippen molar-refractivity contribution >= 4 is 29.8 Å². The van der Waals surface area contributed by atoms with Crippen LogP contribution in [0.25, 0.3) is 0 Å². The first kappa shape index (κ1) is 21.4. The molecule has 10 heteroatoms. The Balaban J connectivity index is 1.78. The molecule has 2 saturated carbocycles. The zero-order chi connectivity index (χ0) is 22.3. The second-order valence-electron chi connectivity index (χ2n) is 8.51. The Kier molecular flexibility index (Phi) is 5.36. The van der Waals surface area contributed by atoms with Crippen molar-refractivity contribution in [3.05, 3.63) is 30.3 Å². The molecule has 30 heavy (non-hydrogen) atoms. The van der Waals surface area contributed by atoms with E-state index in [9.17, 15) is 29.4 Å². The van der Waals surface area contributed by atoms with Crippen molar-refractivity contribution in [1.82, 2.24) is 5.32 Å². The maximum absolute atomic E-state index is 12.3. The number of benzene rings is 1. The van der Waals surface area contributed by atoms with Gasteiger partial charge >= 0.3 is 24.1 Å². The Hall–Kier alpha value is -3.30. The Morgan fingerprint density at radius 1 is 1.07 bits per heavy atom. The fourth-order valence-electron chi connectivity index (χ4n) is 4.17. The summed E-state index contributed by atoms with van der Waals surface area (Å²) in [6, 6.07) is 8.47. The number of amides is 2. The number of carbonyl (C=O) groups is 4. The van der Waals surface area contributed by atoms with Gasteiger partial charge in [0.25, 0.3) is 0 Å². The van der Waals surface area contributed by atoms with Gasteiger partial charge in [0, 0.05) is 23.9 Å². The van der Waals surface area contributed by atoms with Crippen LogP contribution in [-0.2, 0) is 19.1 Å². The molecule has 2 aliphatic carbocycles. The van der Waals surface area contributed by atoms with Crippen molar-refractivity contribution in [2.75, 3.05) is 5.32 Å². The predicted octanol–water partition coefficient (Wildman–Crippen LogP) is 2.30. The second-order valence-corrected chi connectivity index (χ2v) is 8.51. The molecule has 10 nitrogen and oxygen atoms in total. The average Bonchev–Trinajstić information content (AvgIpc) is 3.29. The zero-order valence-electron chi connectivity index (χ0n) is 16.7. The van der Waals surface area contributed by atoms with E-state index in [0.717, 1.165) is 0 Å². The number of hydrogen-bond acceptors (Lipinski definition) is 6. The number of carboxylic acids is 2. The van der Waals surface area contributed by atoms with Crippen LogP contribution in [0.15, 0.2) is 30.3 Å². The van der Waals surface area contributed by atoms with Gasteiger partial charge in [0.15, 0.2) is 0 Å². The smallest absolute Gasteiger partial charge is 0.411 e. The number of rotatable bonds is 5. The van der Waals surface area contributed by atoms with Crippen molar-refractivity contribution in [3.8, 4) is 0 Å². The first-order chi connectivity index (χ1) is 13.9. The van der Waals surface area contributed by atoms with Crippen molar-refractivity contribution in [1.29, 1.82) is 0 Å². The lowest BCUT2D eigenvalue weighted by Gasteiger charge is -2.31. The Morgan fingerprint density at radius 2 is 1.70 bits per heavy atom. The van der Waals surface area contributed by atoms with Crippen molar-refractivity contribution in [2.24, 2.45) is 17.8 Å². The maximum Gasteiger partial charge on any atom is 0.411 e. The first-order valence-electron chi connectivity index (χ1n) is 9.44. The lowest BCUT2D eigenvalue weighted by Crippen LogP contribution is -2.57. The number of hydrogen-bond donors (Lipinski definition) is 4. The molecule has 0 heterocycles. The van der Waals surface area contributed by atoms with E-state index in [4.69, 9.17) is 9.47 Å². The SMILES string of the molecule is CC(C)(C)OC(=O)NC1(C(=O)O)CC(OC(=O)Nc2ccccc2)C2C(C(=O)O)C21. The summed E-state index contributed by atoms with van der Waals surface area (Å²) in [5.41, 5.74) is -2.31. The molecule has 3 rings (SSSR count). The van der Waals surface area contributed by atoms with Crippen LogP contribution in [0.2, 0.25) is 0 Å². The number of fused-ring (bicyclic) bond motifs is 1. The minimum Gasteiger partial charge on any atom is -0.481 e. The summed E-state index contributed by atoms with van der Waals surface area (Å²) < 4.78 is 10.5. The molecule has 2 aliphatic rings. The molecule has 0 bridgehead atoms. The van der Waals surface area contributed by atoms with E-state index in [1.165, 1.54) is 0 Å². The highest BCUT2D eigenvalue weighted by Gasteiger charge is 2.77. The zero-order valence-corrected chi connectivity index (χ0v) is 16.7. The van der Waals surface area contributed by atoms with Crippen LogP contribution in [0.4, 0.5) is 15.3 Å². The van der Waals surface area contributed by atoms with Crippen LogP contribution in [0.1, 0.15) is 27.2 Å². The third kappa shape index (κ3) is 4.17. The summed E-state index contributed by atoms with van der Waals surface area (Å²) in [7, 11) is 0. The van der Waals surface area contributed by atoms with Gasteiger partial charge in [0.1, 0.15) is 17.2 Å². The summed E-state index contributed by atoms with van der Waals surface area (Å²) in [5, 5.41) is 24.2. The van der Waals surface area contributed by atoms with Crippen LogP contribution in [-0.4, -0.2) is 51.6 Å². The van der Waals surface area contributed by atoms with Gasteiger partial charge < -0.3 is 25.0 Å². The van der Waals surface area contributed by atoms with Gasteiger partial charge in [-0.3, -0.25) is 10.1 Å². The van der Waals surface area contributed by atoms with E-state index < -0.39 is 59.1 Å². The molecule has 5 unspecified atom stereocenters. The van der Waals surface area contributed by atoms with Crippen molar-refractivity contribution in [3.63, 3.8) is 0 Å². The van der Waals surface area contributed by atoms with E-state index in [0.29, 0.717) is 5.69 Å². The molecule has 2 amide bonds. The minimum absolute atomic E-state index is 0.261. The van der Waals surface area contributed by atoms with Gasteiger partial charge in [-0.05, 0) is 32.9 Å². The van der Waals surface area contributed by atoms with Crippen LogP contribution in [0, 0.1) is 17.8 Å². The highest BCUT2D eigenvalue weighted by molar-refractivity contribution is 5.90. The number of carbonyl (C=O) groups excluding carboxylic acids is 2. The Morgan fingerprint density at radius 3 is 2.23 bits per heavy atom. The van der Waals surface area contributed by atoms with E-state index in [-0.39, 0.29) is 6.42 Å². The number of carboxylic acid groups (broad SMARTS) is 2. The third-order valence-corrected chi connectivity index (χ3v) is 5.27. The molecule has 0 radical (unpaired) electrons. The van der Waals surface area contributed by atoms with Gasteiger partial charge in [-0.15, -0.1) is 0 Å². The van der Waals surface area contributed by atoms with Gasteiger partial charge in [-0.1, -0.05) is 18.2 Å². The van der Waals surface area contributed by atoms with Gasteiger partial charge in [-0.2, -0.15) is 0 Å². The van der Waals surface area contributed by atoms with Crippen LogP contribution in [0.5, 0.6) is 0 Å². The van der Waals surface area contributed by atoms with Gasteiger partial charge in [0.05, 0.1) is 5.92 Å². The molecule has 5 atom stereocenters. The van der Waals surface area contributed by atoms with E-state index >= 15 is 0 Å². The number of anilines is 1. The fraction of sp³-hybridized carbons (Fsp3) is 0.500. The maximum atomic E-state index is 12.3. The summed E-state index contributed by atoms with van der Waals surface area (Å²) in [6.07, 6.45) is -3.07. The standard InChI is InChI=1S/C20H24N2O8/c1-19(2,3)30-18(28)22-20(16(25)26)9-11(12-13(14(12)20)15(23)24)29-17(27)21-10-7-5-4-6-8-10/h4-8,11-14H,9H2,1-3H3,(H,21,27)(H,22,28)(H,23,24)(H,25,26). The lowest BCUT2D eigenvalue weighted by molar-refractivity contribution is -0.147. The van der Waals surface area contributed by atoms with E-state index in [1.54, 1.807) is 51.1 Å². The van der Waals surface area contributed by atoms with Crippen LogP contribution in [0.3, 0.4) is 0 Å². The number of alkyl carbamates (subject to hydrolysis) is 1. The lowest BCUT2D eigenvalue weighted by atomic mass is 9.89. The normalized spacial score (nSPS) is 29.3. The second kappa shape index (κ2) is 7.51. The quantitative estimate of drug-likeness (QED) is 0.566. The van der Waals surface area contributed by atoms with Gasteiger partial charge in [-0.25, -0.2) is 14.4 Å². The summed E-state index contributed by atoms with van der Waals surface area (Å²) in [4.78, 5) is 48.3. The Labute approximate surface area is 172 Å². The summed E-state index contributed by atoms with van der Waals surface area (Å²) in [6.45, 7) is 4.86. The fourth-order valence-corrected chi connectivity index (χ4v) is 4.17. The topological polar surface area (TPSA) is 151 Å². The average molecular weight is 420 g/mol. The van der Waals surface area contributed by atoms with Crippen LogP contribution >= 0.6 is 0 Å². The highest BCUT2D eigenvalue weighted by Crippen LogP contribution is 2.63. The number of aliphatic carboxylic acids is 2. The summed E-state index contributed by atoms with van der Waals surface area (Å²) in [5.74, 6) is -5.32. The molecule has 2 fully saturated rings. The Bertz CT molecular complexity index is 865. The molecule has 0 aliphatic heterocycles. The predicted molar refractivity (Wildman–Crippen MR) is 103 cm³/mol. The molecule has 0 spiro atoms. The van der Waals surface area contributed by atoms with E-state index in [2.05, 4.69) is 10.6 Å². The number of ether oxygens (including phenoxy) is 2. The number of nitrogens with one attached hydrogen (secondary N) is 2. The van der Waals surface area contributed by atoms with Crippen LogP contribution < -0.4 is 10.6 Å².